The van der Waals surface area contributed by atoms with Crippen molar-refractivity contribution in [1.82, 2.24) is 0 Å². The Bertz CT molecular complexity index is 295. The summed E-state index contributed by atoms with van der Waals surface area (Å²) in [4.78, 5) is 4.03. The minimum absolute atomic E-state index is 0.00652. The van der Waals surface area contributed by atoms with Crippen LogP contribution in [0.5, 0.6) is 0 Å². The molecular formula is C9H11N3O. The maximum absolute atomic E-state index is 8.79. The van der Waals surface area contributed by atoms with Crippen LogP contribution >= 0.6 is 0 Å². The minimum Gasteiger partial charge on any atom is -0.477 e. The molecule has 1 heterocycles. The van der Waals surface area contributed by atoms with Crippen molar-refractivity contribution in [3.05, 3.63) is 0 Å². The summed E-state index contributed by atoms with van der Waals surface area (Å²) in [5.74, 6) is -0.393. The van der Waals surface area contributed by atoms with Crippen LogP contribution in [0.25, 0.3) is 0 Å². The van der Waals surface area contributed by atoms with Crippen molar-refractivity contribution < 1.29 is 4.74 Å². The topological polar surface area (TPSA) is 69.2 Å². The molecule has 0 aromatic rings. The van der Waals surface area contributed by atoms with Gasteiger partial charge in [-0.1, -0.05) is 0 Å². The van der Waals surface area contributed by atoms with Gasteiger partial charge in [0, 0.05) is 0 Å². The quantitative estimate of drug-likeness (QED) is 0.602. The monoisotopic (exact) mass is 177 g/mol. The van der Waals surface area contributed by atoms with Gasteiger partial charge in [0.15, 0.2) is 0 Å². The largest absolute Gasteiger partial charge is 0.477 e. The zero-order valence-corrected chi connectivity index (χ0v) is 7.69. The fourth-order valence-electron chi connectivity index (χ4n) is 1.18. The van der Waals surface area contributed by atoms with Crippen LogP contribution in [0, 0.1) is 34.5 Å². The lowest BCUT2D eigenvalue weighted by Gasteiger charge is -2.12. The molecule has 0 bridgehead atoms. The molecule has 0 unspecified atom stereocenters. The normalized spacial score (nSPS) is 26.4. The van der Waals surface area contributed by atoms with E-state index >= 15 is 0 Å². The number of nitriles is 2. The second-order valence-electron chi connectivity index (χ2n) is 3.19. The van der Waals surface area contributed by atoms with Crippen molar-refractivity contribution in [3.63, 3.8) is 0 Å². The third kappa shape index (κ3) is 1.97. The molecule has 0 saturated heterocycles. The van der Waals surface area contributed by atoms with Crippen LogP contribution in [0.4, 0.5) is 0 Å². The molecule has 68 valence electrons. The highest BCUT2D eigenvalue weighted by Gasteiger charge is 2.33. The minimum atomic E-state index is -0.479. The Morgan fingerprint density at radius 3 is 2.62 bits per heavy atom. The van der Waals surface area contributed by atoms with E-state index in [1.54, 1.807) is 0 Å². The maximum atomic E-state index is 8.79. The molecule has 1 aliphatic rings. The molecule has 4 heteroatoms. The van der Waals surface area contributed by atoms with Crippen LogP contribution in [-0.4, -0.2) is 18.5 Å². The van der Waals surface area contributed by atoms with E-state index in [1.807, 2.05) is 19.9 Å². The molecule has 0 amide bonds. The van der Waals surface area contributed by atoms with Crippen molar-refractivity contribution in [1.29, 1.82) is 10.5 Å². The summed E-state index contributed by atoms with van der Waals surface area (Å²) >= 11 is 0. The van der Waals surface area contributed by atoms with Crippen molar-refractivity contribution in [2.45, 2.75) is 20.0 Å². The Morgan fingerprint density at radius 1 is 1.46 bits per heavy atom. The average Bonchev–Trinajstić information content (AvgIpc) is 2.45. The van der Waals surface area contributed by atoms with Gasteiger partial charge < -0.3 is 4.74 Å². The first-order chi connectivity index (χ1) is 6.19. The third-order valence-corrected chi connectivity index (χ3v) is 1.77. The average molecular weight is 177 g/mol. The number of rotatable bonds is 1. The summed E-state index contributed by atoms with van der Waals surface area (Å²) in [5.41, 5.74) is 0. The maximum Gasteiger partial charge on any atom is 0.202 e. The number of nitrogens with zero attached hydrogens (tertiary/aromatic N) is 3. The van der Waals surface area contributed by atoms with Gasteiger partial charge in [-0.15, -0.1) is 0 Å². The van der Waals surface area contributed by atoms with Crippen molar-refractivity contribution in [2.24, 2.45) is 16.8 Å². The highest BCUT2D eigenvalue weighted by Crippen LogP contribution is 2.21. The first-order valence-electron chi connectivity index (χ1n) is 4.19. The van der Waals surface area contributed by atoms with Gasteiger partial charge in [-0.3, -0.25) is 4.99 Å². The molecule has 0 aliphatic carbocycles. The molecule has 1 rings (SSSR count). The highest BCUT2D eigenvalue weighted by atomic mass is 16.5. The SMILES string of the molecule is CC(C)OC1=NC[C@H](C#N)[C@H]1C#N. The standard InChI is InChI=1S/C9H11N3O/c1-6(2)13-9-8(4-11)7(3-10)5-12-9/h6-8H,5H2,1-2H3/t7-,8+/m0/s1. The van der Waals surface area contributed by atoms with Crippen molar-refractivity contribution >= 4 is 5.90 Å². The predicted octanol–water partition coefficient (Wildman–Crippen LogP) is 1.10. The zero-order chi connectivity index (χ0) is 9.84. The van der Waals surface area contributed by atoms with Crippen molar-refractivity contribution in [2.75, 3.05) is 6.54 Å². The number of ether oxygens (including phenoxy) is 1. The fraction of sp³-hybridized carbons (Fsp3) is 0.667. The summed E-state index contributed by atoms with van der Waals surface area (Å²) in [5, 5.41) is 17.5. The Balaban J connectivity index is 2.69. The van der Waals surface area contributed by atoms with Crippen LogP contribution in [0.1, 0.15) is 13.8 Å². The van der Waals surface area contributed by atoms with Gasteiger partial charge >= 0.3 is 0 Å². The van der Waals surface area contributed by atoms with Gasteiger partial charge in [-0.05, 0) is 13.8 Å². The Hall–Kier alpha value is -1.55. The van der Waals surface area contributed by atoms with Gasteiger partial charge in [0.2, 0.25) is 5.90 Å². The first-order valence-corrected chi connectivity index (χ1v) is 4.19. The third-order valence-electron chi connectivity index (χ3n) is 1.77. The van der Waals surface area contributed by atoms with Gasteiger partial charge in [-0.25, -0.2) is 0 Å². The van der Waals surface area contributed by atoms with Gasteiger partial charge in [0.25, 0.3) is 0 Å². The Kier molecular flexibility index (Phi) is 2.87. The van der Waals surface area contributed by atoms with E-state index in [2.05, 4.69) is 11.1 Å². The smallest absolute Gasteiger partial charge is 0.202 e. The van der Waals surface area contributed by atoms with Crippen LogP contribution in [0.2, 0.25) is 0 Å². The second kappa shape index (κ2) is 3.91. The van der Waals surface area contributed by atoms with E-state index in [0.717, 1.165) is 0 Å². The summed E-state index contributed by atoms with van der Waals surface area (Å²) in [6, 6.07) is 4.09. The lowest BCUT2D eigenvalue weighted by atomic mass is 9.98. The Morgan fingerprint density at radius 2 is 2.15 bits per heavy atom. The van der Waals surface area contributed by atoms with Crippen LogP contribution in [0.15, 0.2) is 4.99 Å². The molecular weight excluding hydrogens is 166 g/mol. The molecule has 0 radical (unpaired) electrons. The molecule has 0 spiro atoms. The second-order valence-corrected chi connectivity index (χ2v) is 3.19. The van der Waals surface area contributed by atoms with E-state index in [4.69, 9.17) is 15.3 Å². The summed E-state index contributed by atoms with van der Waals surface area (Å²) in [6.07, 6.45) is 0.00652. The zero-order valence-electron chi connectivity index (χ0n) is 7.69. The predicted molar refractivity (Wildman–Crippen MR) is 46.7 cm³/mol. The number of hydrogen-bond acceptors (Lipinski definition) is 4. The van der Waals surface area contributed by atoms with E-state index < -0.39 is 5.92 Å². The molecule has 0 N–H and O–H groups in total. The van der Waals surface area contributed by atoms with Crippen LogP contribution in [0.3, 0.4) is 0 Å². The molecule has 0 aromatic carbocycles. The highest BCUT2D eigenvalue weighted by molar-refractivity contribution is 5.83. The van der Waals surface area contributed by atoms with Crippen LogP contribution in [-0.2, 0) is 4.74 Å². The van der Waals surface area contributed by atoms with E-state index in [1.165, 1.54) is 0 Å². The molecule has 4 nitrogen and oxygen atoms in total. The molecule has 0 aromatic heterocycles. The summed E-state index contributed by atoms with van der Waals surface area (Å²) in [6.45, 7) is 4.13. The van der Waals surface area contributed by atoms with E-state index in [9.17, 15) is 0 Å². The van der Waals surface area contributed by atoms with Crippen molar-refractivity contribution in [3.8, 4) is 12.1 Å². The molecule has 0 fully saturated rings. The fourth-order valence-corrected chi connectivity index (χ4v) is 1.18. The van der Waals surface area contributed by atoms with Crippen LogP contribution < -0.4 is 0 Å². The molecule has 13 heavy (non-hydrogen) atoms. The van der Waals surface area contributed by atoms with Gasteiger partial charge in [-0.2, -0.15) is 10.5 Å². The Labute approximate surface area is 77.4 Å². The summed E-state index contributed by atoms with van der Waals surface area (Å²) < 4.78 is 5.32. The lowest BCUT2D eigenvalue weighted by molar-refractivity contribution is 0.217. The molecule has 1 aliphatic heterocycles. The number of hydrogen-bond donors (Lipinski definition) is 0. The van der Waals surface area contributed by atoms with E-state index in [0.29, 0.717) is 12.4 Å². The van der Waals surface area contributed by atoms with Gasteiger partial charge in [0.05, 0.1) is 30.7 Å². The molecule has 0 saturated carbocycles. The number of aliphatic imine (C=N–C) groups is 1. The first kappa shape index (κ1) is 9.54. The molecule has 2 atom stereocenters. The van der Waals surface area contributed by atoms with E-state index in [-0.39, 0.29) is 12.0 Å². The van der Waals surface area contributed by atoms with Gasteiger partial charge in [0.1, 0.15) is 5.92 Å². The lowest BCUT2D eigenvalue weighted by Crippen LogP contribution is -2.21. The summed E-state index contributed by atoms with van der Waals surface area (Å²) in [7, 11) is 0.